The Kier molecular flexibility index (Phi) is 3.06. The number of fused-ring (bicyclic) bond motifs is 1. The van der Waals surface area contributed by atoms with Gasteiger partial charge >= 0.3 is 5.97 Å². The first-order valence-electron chi connectivity index (χ1n) is 6.49. The largest absolute Gasteiger partial charge is 0.493 e. The van der Waals surface area contributed by atoms with Crippen LogP contribution in [0, 0.1) is 5.92 Å². The van der Waals surface area contributed by atoms with Crippen molar-refractivity contribution >= 4 is 5.97 Å². The summed E-state index contributed by atoms with van der Waals surface area (Å²) in [5.74, 6) is 0.538. The van der Waals surface area contributed by atoms with E-state index in [0.29, 0.717) is 19.6 Å². The van der Waals surface area contributed by atoms with Crippen LogP contribution in [0.5, 0.6) is 11.5 Å². The van der Waals surface area contributed by atoms with Crippen molar-refractivity contribution in [3.05, 3.63) is 23.3 Å². The Morgan fingerprint density at radius 2 is 2.37 bits per heavy atom. The van der Waals surface area contributed by atoms with Gasteiger partial charge in [0.1, 0.15) is 0 Å². The van der Waals surface area contributed by atoms with E-state index in [1.165, 1.54) is 0 Å². The predicted molar refractivity (Wildman–Crippen MR) is 68.7 cm³/mol. The third-order valence-corrected chi connectivity index (χ3v) is 3.87. The number of benzene rings is 1. The molecule has 0 amide bonds. The van der Waals surface area contributed by atoms with Gasteiger partial charge in [-0.25, -0.2) is 0 Å². The van der Waals surface area contributed by atoms with Crippen molar-refractivity contribution in [3.63, 3.8) is 0 Å². The number of hydrogen-bond acceptors (Lipinski definition) is 4. The minimum absolute atomic E-state index is 0.0842. The molecule has 102 valence electrons. The molecular weight excluding hydrogens is 246 g/mol. The Balaban J connectivity index is 1.88. The highest BCUT2D eigenvalue weighted by Gasteiger charge is 2.31. The van der Waals surface area contributed by atoms with Gasteiger partial charge in [0.05, 0.1) is 19.6 Å². The summed E-state index contributed by atoms with van der Waals surface area (Å²) < 4.78 is 10.9. The lowest BCUT2D eigenvalue weighted by Crippen LogP contribution is -2.17. The van der Waals surface area contributed by atoms with Crippen LogP contribution in [0.2, 0.25) is 0 Å². The molecule has 0 saturated carbocycles. The highest BCUT2D eigenvalue weighted by molar-refractivity contribution is 5.71. The number of nitrogens with one attached hydrogen (secondary N) is 1. The fourth-order valence-electron chi connectivity index (χ4n) is 2.83. The first-order valence-corrected chi connectivity index (χ1v) is 6.49. The second-order valence-electron chi connectivity index (χ2n) is 5.04. The van der Waals surface area contributed by atoms with Gasteiger partial charge in [-0.1, -0.05) is 6.07 Å². The maximum Gasteiger partial charge on any atom is 0.307 e. The van der Waals surface area contributed by atoms with E-state index < -0.39 is 5.97 Å². The molecule has 19 heavy (non-hydrogen) atoms. The van der Waals surface area contributed by atoms with Gasteiger partial charge in [-0.05, 0) is 18.1 Å². The molecule has 2 N–H and O–H groups in total. The molecule has 1 aromatic rings. The molecule has 2 atom stereocenters. The highest BCUT2D eigenvalue weighted by atomic mass is 16.5. The van der Waals surface area contributed by atoms with Crippen molar-refractivity contribution in [1.29, 1.82) is 0 Å². The molecule has 5 heteroatoms. The monoisotopic (exact) mass is 263 g/mol. The number of hydrogen-bond donors (Lipinski definition) is 2. The van der Waals surface area contributed by atoms with Gasteiger partial charge in [-0.2, -0.15) is 0 Å². The molecule has 0 aromatic heterocycles. The zero-order chi connectivity index (χ0) is 13.4. The normalized spacial score (nSPS) is 24.9. The average molecular weight is 263 g/mol. The third-order valence-electron chi connectivity index (χ3n) is 3.87. The lowest BCUT2D eigenvalue weighted by atomic mass is 9.97. The van der Waals surface area contributed by atoms with Crippen molar-refractivity contribution in [2.75, 3.05) is 20.3 Å². The second-order valence-corrected chi connectivity index (χ2v) is 5.04. The first-order chi connectivity index (χ1) is 9.19. The maximum atomic E-state index is 11.0. The minimum Gasteiger partial charge on any atom is -0.493 e. The summed E-state index contributed by atoms with van der Waals surface area (Å²) in [7, 11) is 1.63. The molecule has 2 unspecified atom stereocenters. The van der Waals surface area contributed by atoms with Crippen LogP contribution in [0.1, 0.15) is 23.6 Å². The van der Waals surface area contributed by atoms with Crippen molar-refractivity contribution in [1.82, 2.24) is 5.32 Å². The van der Waals surface area contributed by atoms with Crippen LogP contribution in [0.3, 0.4) is 0 Å². The van der Waals surface area contributed by atoms with E-state index >= 15 is 0 Å². The molecule has 0 spiro atoms. The van der Waals surface area contributed by atoms with Crippen molar-refractivity contribution in [2.45, 2.75) is 18.9 Å². The fourth-order valence-corrected chi connectivity index (χ4v) is 2.83. The van der Waals surface area contributed by atoms with E-state index in [-0.39, 0.29) is 12.0 Å². The number of ether oxygens (including phenoxy) is 2. The van der Waals surface area contributed by atoms with Crippen LogP contribution in [0.25, 0.3) is 0 Å². The van der Waals surface area contributed by atoms with Crippen LogP contribution >= 0.6 is 0 Å². The third kappa shape index (κ3) is 2.14. The van der Waals surface area contributed by atoms with Gasteiger partial charge in [0.15, 0.2) is 11.5 Å². The lowest BCUT2D eigenvalue weighted by molar-refractivity contribution is -0.141. The first kappa shape index (κ1) is 12.3. The number of carboxylic acid groups (broad SMARTS) is 1. The number of carbonyl (C=O) groups is 1. The molecule has 1 saturated heterocycles. The summed E-state index contributed by atoms with van der Waals surface area (Å²) in [6, 6.07) is 4.14. The summed E-state index contributed by atoms with van der Waals surface area (Å²) in [6.07, 6.45) is 1.51. The number of carboxylic acids is 1. The van der Waals surface area contributed by atoms with Gasteiger partial charge in [0.2, 0.25) is 0 Å². The van der Waals surface area contributed by atoms with Gasteiger partial charge in [0.25, 0.3) is 0 Å². The molecule has 0 bridgehead atoms. The Morgan fingerprint density at radius 1 is 1.53 bits per heavy atom. The Hall–Kier alpha value is -1.75. The smallest absolute Gasteiger partial charge is 0.307 e. The van der Waals surface area contributed by atoms with E-state index in [2.05, 4.69) is 11.4 Å². The summed E-state index contributed by atoms with van der Waals surface area (Å²) in [5.41, 5.74) is 2.24. The standard InChI is InChI=1S/C14H17NO4/c1-18-12-6-9(4-8-2-3-19-13(8)12)11-5-10(7-15-11)14(16)17/h4,6,10-11,15H,2-3,5,7H2,1H3,(H,16,17). The van der Waals surface area contributed by atoms with Crippen LogP contribution < -0.4 is 14.8 Å². The molecule has 3 rings (SSSR count). The zero-order valence-electron chi connectivity index (χ0n) is 10.8. The fraction of sp³-hybridized carbons (Fsp3) is 0.500. The predicted octanol–water partition coefficient (Wildman–Crippen LogP) is 1.37. The van der Waals surface area contributed by atoms with Crippen LogP contribution in [-0.4, -0.2) is 31.3 Å². The summed E-state index contributed by atoms with van der Waals surface area (Å²) in [4.78, 5) is 11.0. The molecule has 2 heterocycles. The van der Waals surface area contributed by atoms with Crippen LogP contribution in [0.15, 0.2) is 12.1 Å². The molecule has 2 aliphatic heterocycles. The van der Waals surface area contributed by atoms with Gasteiger partial charge in [0, 0.05) is 24.6 Å². The summed E-state index contributed by atoms with van der Waals surface area (Å²) >= 11 is 0. The molecular formula is C14H17NO4. The molecule has 2 aliphatic rings. The summed E-state index contributed by atoms with van der Waals surface area (Å²) in [6.45, 7) is 1.21. The number of aliphatic carboxylic acids is 1. The topological polar surface area (TPSA) is 67.8 Å². The lowest BCUT2D eigenvalue weighted by Gasteiger charge is -2.14. The van der Waals surface area contributed by atoms with Crippen LogP contribution in [-0.2, 0) is 11.2 Å². The molecule has 1 fully saturated rings. The van der Waals surface area contributed by atoms with E-state index in [9.17, 15) is 4.79 Å². The Bertz CT molecular complexity index is 514. The van der Waals surface area contributed by atoms with E-state index in [1.807, 2.05) is 6.07 Å². The Morgan fingerprint density at radius 3 is 3.05 bits per heavy atom. The van der Waals surface area contributed by atoms with Crippen LogP contribution in [0.4, 0.5) is 0 Å². The zero-order valence-corrected chi connectivity index (χ0v) is 10.8. The van der Waals surface area contributed by atoms with Gasteiger partial charge in [-0.3, -0.25) is 4.79 Å². The van der Waals surface area contributed by atoms with E-state index in [1.54, 1.807) is 7.11 Å². The SMILES string of the molecule is COc1cc(C2CC(C(=O)O)CN2)cc2c1OCC2. The average Bonchev–Trinajstić information content (AvgIpc) is 3.05. The van der Waals surface area contributed by atoms with E-state index in [4.69, 9.17) is 14.6 Å². The molecule has 0 radical (unpaired) electrons. The maximum absolute atomic E-state index is 11.0. The van der Waals surface area contributed by atoms with Gasteiger partial charge in [-0.15, -0.1) is 0 Å². The van der Waals surface area contributed by atoms with Crippen molar-refractivity contribution in [2.24, 2.45) is 5.92 Å². The van der Waals surface area contributed by atoms with Crippen molar-refractivity contribution < 1.29 is 19.4 Å². The second kappa shape index (κ2) is 4.74. The van der Waals surface area contributed by atoms with Crippen molar-refractivity contribution in [3.8, 4) is 11.5 Å². The summed E-state index contributed by atoms with van der Waals surface area (Å²) in [5, 5.41) is 12.3. The molecule has 0 aliphatic carbocycles. The number of methoxy groups -OCH3 is 1. The number of rotatable bonds is 3. The minimum atomic E-state index is -0.730. The highest BCUT2D eigenvalue weighted by Crippen LogP contribution is 2.40. The van der Waals surface area contributed by atoms with E-state index in [0.717, 1.165) is 29.0 Å². The van der Waals surface area contributed by atoms with Gasteiger partial charge < -0.3 is 19.9 Å². The Labute approximate surface area is 111 Å². The molecule has 5 nitrogen and oxygen atoms in total. The molecule has 1 aromatic carbocycles. The quantitative estimate of drug-likeness (QED) is 0.862.